The van der Waals surface area contributed by atoms with Gasteiger partial charge in [-0.25, -0.2) is 18.4 Å². The first kappa shape index (κ1) is 25.4. The van der Waals surface area contributed by atoms with Crippen LogP contribution in [0.4, 0.5) is 13.2 Å². The van der Waals surface area contributed by atoms with Gasteiger partial charge in [0.2, 0.25) is 15.7 Å². The number of aromatic nitrogens is 3. The third-order valence-corrected chi connectivity index (χ3v) is 7.62. The van der Waals surface area contributed by atoms with Gasteiger partial charge in [0.1, 0.15) is 5.82 Å². The smallest absolute Gasteiger partial charge is 0.422 e. The van der Waals surface area contributed by atoms with E-state index in [4.69, 9.17) is 9.72 Å². The van der Waals surface area contributed by atoms with Gasteiger partial charge in [0.05, 0.1) is 20.8 Å². The topological polar surface area (TPSA) is 83.3 Å². The van der Waals surface area contributed by atoms with Gasteiger partial charge < -0.3 is 14.0 Å². The van der Waals surface area contributed by atoms with Gasteiger partial charge in [0.25, 0.3) is 0 Å². The predicted octanol–water partition coefficient (Wildman–Crippen LogP) is 4.93. The molecule has 3 aromatic rings. The van der Waals surface area contributed by atoms with Crippen LogP contribution in [-0.4, -0.2) is 48.9 Å². The van der Waals surface area contributed by atoms with Crippen LogP contribution >= 0.6 is 0 Å². The number of halogens is 3. The zero-order valence-corrected chi connectivity index (χ0v) is 20.6. The normalized spacial score (nSPS) is 16.1. The van der Waals surface area contributed by atoms with Crippen molar-refractivity contribution in [1.29, 1.82) is 0 Å². The zero-order chi connectivity index (χ0) is 25.4. The van der Waals surface area contributed by atoms with Gasteiger partial charge in [-0.15, -0.1) is 0 Å². The molecule has 0 aliphatic carbocycles. The number of imidazole rings is 1. The molecule has 0 atom stereocenters. The molecule has 0 amide bonds. The summed E-state index contributed by atoms with van der Waals surface area (Å²) in [6.45, 7) is 6.95. The lowest BCUT2D eigenvalue weighted by Gasteiger charge is -2.26. The standard InChI is InChI=1S/C24H28F3N3O4S/c1-23(2,3)22-29-19-12-17(4-6-20(19)30(22)14-16-8-10-33-11-9-16)35(31,32)18-5-7-21(28-13-18)34-15-24(25,26)27/h4-7,12-13,16H,8-11,14-15H2,1-3H3. The van der Waals surface area contributed by atoms with E-state index in [9.17, 15) is 21.6 Å². The maximum atomic E-state index is 13.2. The number of alkyl halides is 3. The quantitative estimate of drug-likeness (QED) is 0.467. The molecule has 0 bridgehead atoms. The van der Waals surface area contributed by atoms with Gasteiger partial charge in [-0.2, -0.15) is 13.2 Å². The summed E-state index contributed by atoms with van der Waals surface area (Å²) in [4.78, 5) is 8.41. The van der Waals surface area contributed by atoms with E-state index in [2.05, 4.69) is 35.1 Å². The Bertz CT molecular complexity index is 1290. The maximum Gasteiger partial charge on any atom is 0.422 e. The average Bonchev–Trinajstić information content (AvgIpc) is 3.16. The van der Waals surface area contributed by atoms with E-state index in [1.54, 1.807) is 6.07 Å². The van der Waals surface area contributed by atoms with E-state index in [1.165, 1.54) is 18.2 Å². The second-order valence-electron chi connectivity index (χ2n) is 9.74. The highest BCUT2D eigenvalue weighted by molar-refractivity contribution is 7.91. The molecule has 0 N–H and O–H groups in total. The number of benzene rings is 1. The Kier molecular flexibility index (Phi) is 6.85. The van der Waals surface area contributed by atoms with Crippen molar-refractivity contribution in [2.24, 2.45) is 5.92 Å². The van der Waals surface area contributed by atoms with Gasteiger partial charge >= 0.3 is 6.18 Å². The molecule has 1 aliphatic rings. The van der Waals surface area contributed by atoms with Crippen LogP contribution in [0, 0.1) is 5.92 Å². The van der Waals surface area contributed by atoms with Gasteiger partial charge in [-0.3, -0.25) is 0 Å². The number of fused-ring (bicyclic) bond motifs is 1. The predicted molar refractivity (Wildman–Crippen MR) is 123 cm³/mol. The summed E-state index contributed by atoms with van der Waals surface area (Å²) in [6.07, 6.45) is -1.59. The van der Waals surface area contributed by atoms with Crippen molar-refractivity contribution in [2.45, 2.75) is 61.5 Å². The molecule has 0 spiro atoms. The lowest BCUT2D eigenvalue weighted by molar-refractivity contribution is -0.154. The molecule has 1 fully saturated rings. The molecule has 1 aromatic carbocycles. The van der Waals surface area contributed by atoms with Crippen LogP contribution in [0.3, 0.4) is 0 Å². The van der Waals surface area contributed by atoms with Crippen molar-refractivity contribution in [3.05, 3.63) is 42.4 Å². The molecule has 3 heterocycles. The minimum absolute atomic E-state index is 0.0342. The Morgan fingerprint density at radius 2 is 1.77 bits per heavy atom. The minimum Gasteiger partial charge on any atom is -0.468 e. The van der Waals surface area contributed by atoms with E-state index >= 15 is 0 Å². The number of hydrogen-bond acceptors (Lipinski definition) is 6. The molecule has 1 saturated heterocycles. The maximum absolute atomic E-state index is 13.2. The lowest BCUT2D eigenvalue weighted by Crippen LogP contribution is -2.25. The first-order chi connectivity index (χ1) is 16.3. The van der Waals surface area contributed by atoms with Crippen molar-refractivity contribution >= 4 is 20.9 Å². The fourth-order valence-electron chi connectivity index (χ4n) is 4.12. The number of ether oxygens (including phenoxy) is 2. The van der Waals surface area contributed by atoms with Crippen LogP contribution in [0.1, 0.15) is 39.4 Å². The highest BCUT2D eigenvalue weighted by Gasteiger charge is 2.29. The molecular weight excluding hydrogens is 483 g/mol. The van der Waals surface area contributed by atoms with Crippen LogP contribution < -0.4 is 4.74 Å². The third kappa shape index (κ3) is 5.78. The second-order valence-corrected chi connectivity index (χ2v) is 11.7. The van der Waals surface area contributed by atoms with Gasteiger partial charge in [-0.05, 0) is 43.0 Å². The molecule has 190 valence electrons. The highest BCUT2D eigenvalue weighted by atomic mass is 32.2. The molecular formula is C24H28F3N3O4S. The Hall–Kier alpha value is -2.66. The Morgan fingerprint density at radius 3 is 2.37 bits per heavy atom. The van der Waals surface area contributed by atoms with Gasteiger partial charge in [0.15, 0.2) is 6.61 Å². The number of nitrogens with zero attached hydrogens (tertiary/aromatic N) is 3. The van der Waals surface area contributed by atoms with E-state index in [1.807, 2.05) is 0 Å². The molecule has 0 saturated carbocycles. The van der Waals surface area contributed by atoms with Gasteiger partial charge in [0, 0.05) is 37.4 Å². The first-order valence-electron chi connectivity index (χ1n) is 11.3. The summed E-state index contributed by atoms with van der Waals surface area (Å²) in [7, 11) is -3.96. The second kappa shape index (κ2) is 9.42. The van der Waals surface area contributed by atoms with E-state index < -0.39 is 22.6 Å². The van der Waals surface area contributed by atoms with E-state index in [0.717, 1.165) is 56.2 Å². The summed E-state index contributed by atoms with van der Waals surface area (Å²) in [6, 6.07) is 7.12. The van der Waals surface area contributed by atoms with Crippen LogP contribution in [0.15, 0.2) is 46.3 Å². The van der Waals surface area contributed by atoms with E-state index in [-0.39, 0.29) is 21.1 Å². The fraction of sp³-hybridized carbons (Fsp3) is 0.500. The summed E-state index contributed by atoms with van der Waals surface area (Å²) in [5.41, 5.74) is 1.18. The molecule has 2 aromatic heterocycles. The zero-order valence-electron chi connectivity index (χ0n) is 19.8. The summed E-state index contributed by atoms with van der Waals surface area (Å²) >= 11 is 0. The molecule has 1 aliphatic heterocycles. The van der Waals surface area contributed by atoms with Crippen LogP contribution in [-0.2, 0) is 26.5 Å². The molecule has 0 unspecified atom stereocenters. The summed E-state index contributed by atoms with van der Waals surface area (Å²) in [5, 5.41) is 0. The molecule has 7 nitrogen and oxygen atoms in total. The lowest BCUT2D eigenvalue weighted by atomic mass is 9.94. The van der Waals surface area contributed by atoms with Crippen molar-refractivity contribution in [3.8, 4) is 5.88 Å². The minimum atomic E-state index is -4.51. The number of hydrogen-bond donors (Lipinski definition) is 0. The summed E-state index contributed by atoms with van der Waals surface area (Å²) < 4.78 is 75.6. The van der Waals surface area contributed by atoms with Gasteiger partial charge in [-0.1, -0.05) is 20.8 Å². The number of rotatable bonds is 6. The Labute approximate surface area is 202 Å². The Morgan fingerprint density at radius 1 is 1.09 bits per heavy atom. The largest absolute Gasteiger partial charge is 0.468 e. The first-order valence-corrected chi connectivity index (χ1v) is 12.8. The third-order valence-electron chi connectivity index (χ3n) is 5.89. The SMILES string of the molecule is CC(C)(C)c1nc2cc(S(=O)(=O)c3ccc(OCC(F)(F)F)nc3)ccc2n1CC1CCOCC1. The molecule has 0 radical (unpaired) electrons. The number of sulfone groups is 1. The number of pyridine rings is 1. The van der Waals surface area contributed by atoms with Crippen LogP contribution in [0.25, 0.3) is 11.0 Å². The van der Waals surface area contributed by atoms with Crippen molar-refractivity contribution in [3.63, 3.8) is 0 Å². The highest BCUT2D eigenvalue weighted by Crippen LogP contribution is 2.31. The monoisotopic (exact) mass is 511 g/mol. The van der Waals surface area contributed by atoms with Crippen LogP contribution in [0.5, 0.6) is 5.88 Å². The molecule has 4 rings (SSSR count). The average molecular weight is 512 g/mol. The molecule has 35 heavy (non-hydrogen) atoms. The molecule has 11 heteroatoms. The van der Waals surface area contributed by atoms with Crippen molar-refractivity contribution in [2.75, 3.05) is 19.8 Å². The van der Waals surface area contributed by atoms with Crippen LogP contribution in [0.2, 0.25) is 0 Å². The van der Waals surface area contributed by atoms with Crippen molar-refractivity contribution in [1.82, 2.24) is 14.5 Å². The van der Waals surface area contributed by atoms with Crippen molar-refractivity contribution < 1.29 is 31.1 Å². The van der Waals surface area contributed by atoms with E-state index in [0.29, 0.717) is 11.4 Å². The Balaban J connectivity index is 1.65. The fourth-order valence-corrected chi connectivity index (χ4v) is 5.35. The summed E-state index contributed by atoms with van der Waals surface area (Å²) in [5.74, 6) is 1.02.